The molecule has 0 aliphatic carbocycles. The highest BCUT2D eigenvalue weighted by molar-refractivity contribution is 5.77. The van der Waals surface area contributed by atoms with Crippen molar-refractivity contribution >= 4 is 17.6 Å². The first-order valence-corrected chi connectivity index (χ1v) is 7.23. The van der Waals surface area contributed by atoms with Crippen molar-refractivity contribution in [2.75, 3.05) is 0 Å². The van der Waals surface area contributed by atoms with E-state index in [4.69, 9.17) is 4.74 Å². The van der Waals surface area contributed by atoms with Crippen LogP contribution in [0.3, 0.4) is 0 Å². The molecule has 1 amide bonds. The van der Waals surface area contributed by atoms with Gasteiger partial charge in [-0.05, 0) is 11.6 Å². The highest BCUT2D eigenvalue weighted by atomic mass is 16.6. The summed E-state index contributed by atoms with van der Waals surface area (Å²) >= 11 is 0. The van der Waals surface area contributed by atoms with Crippen LogP contribution < -0.4 is 10.1 Å². The molecule has 7 nitrogen and oxygen atoms in total. The van der Waals surface area contributed by atoms with Gasteiger partial charge in [-0.15, -0.1) is 0 Å². The van der Waals surface area contributed by atoms with E-state index < -0.39 is 16.9 Å². The number of nitrogens with zero attached hydrogens (tertiary/aromatic N) is 1. The number of ether oxygens (including phenoxy) is 1. The predicted molar refractivity (Wildman–Crippen MR) is 86.3 cm³/mol. The number of amides is 1. The lowest BCUT2D eigenvalue weighted by atomic mass is 10.0. The third-order valence-corrected chi connectivity index (χ3v) is 3.21. The maximum atomic E-state index is 12.1. The number of nitrogens with one attached hydrogen (secondary N) is 1. The minimum absolute atomic E-state index is 0.0869. The van der Waals surface area contributed by atoms with Crippen LogP contribution in [0.2, 0.25) is 0 Å². The summed E-state index contributed by atoms with van der Waals surface area (Å²) in [5, 5.41) is 13.4. The van der Waals surface area contributed by atoms with Gasteiger partial charge in [0.15, 0.2) is 0 Å². The molecule has 7 heteroatoms. The van der Waals surface area contributed by atoms with Crippen molar-refractivity contribution in [3.63, 3.8) is 0 Å². The summed E-state index contributed by atoms with van der Waals surface area (Å²) in [5.74, 6) is -0.783. The van der Waals surface area contributed by atoms with E-state index in [-0.39, 0.29) is 23.8 Å². The molecule has 0 fully saturated rings. The first-order chi connectivity index (χ1) is 11.5. The zero-order valence-electron chi connectivity index (χ0n) is 13.0. The second kappa shape index (κ2) is 7.87. The molecule has 0 heterocycles. The molecule has 0 saturated carbocycles. The van der Waals surface area contributed by atoms with E-state index in [1.54, 1.807) is 24.3 Å². The molecular formula is C17H16N2O5. The standard InChI is InChI=1S/C17H16N2O5/c1-12(20)18-16(13-6-3-2-4-7-13)11-17(21)24-15-9-5-8-14(10-15)19(22)23/h2-10,16H,11H2,1H3,(H,18,20)/t16-/m0/s1. The molecule has 0 aromatic heterocycles. The number of hydrogen-bond acceptors (Lipinski definition) is 5. The zero-order valence-corrected chi connectivity index (χ0v) is 13.0. The van der Waals surface area contributed by atoms with Crippen molar-refractivity contribution < 1.29 is 19.2 Å². The smallest absolute Gasteiger partial charge is 0.313 e. The second-order valence-corrected chi connectivity index (χ2v) is 5.10. The molecule has 24 heavy (non-hydrogen) atoms. The maximum absolute atomic E-state index is 12.1. The van der Waals surface area contributed by atoms with Gasteiger partial charge >= 0.3 is 5.97 Å². The number of nitro benzene ring substituents is 1. The molecule has 0 unspecified atom stereocenters. The summed E-state index contributed by atoms with van der Waals surface area (Å²) in [6.45, 7) is 1.36. The van der Waals surface area contributed by atoms with Crippen molar-refractivity contribution in [2.24, 2.45) is 0 Å². The summed E-state index contributed by atoms with van der Waals surface area (Å²) < 4.78 is 5.14. The number of nitro groups is 1. The first kappa shape index (κ1) is 17.1. The predicted octanol–water partition coefficient (Wildman–Crippen LogP) is 2.77. The average molecular weight is 328 g/mol. The molecule has 0 aliphatic rings. The van der Waals surface area contributed by atoms with Gasteiger partial charge in [0, 0.05) is 13.0 Å². The van der Waals surface area contributed by atoms with Crippen LogP contribution in [-0.4, -0.2) is 16.8 Å². The highest BCUT2D eigenvalue weighted by Gasteiger charge is 2.19. The normalized spacial score (nSPS) is 11.4. The largest absolute Gasteiger partial charge is 0.426 e. The van der Waals surface area contributed by atoms with Crippen LogP contribution in [0.15, 0.2) is 54.6 Å². The highest BCUT2D eigenvalue weighted by Crippen LogP contribution is 2.22. The monoisotopic (exact) mass is 328 g/mol. The molecule has 0 aliphatic heterocycles. The molecule has 0 radical (unpaired) electrons. The van der Waals surface area contributed by atoms with Crippen LogP contribution in [0.4, 0.5) is 5.69 Å². The van der Waals surface area contributed by atoms with E-state index in [1.807, 2.05) is 6.07 Å². The first-order valence-electron chi connectivity index (χ1n) is 7.23. The lowest BCUT2D eigenvalue weighted by Gasteiger charge is -2.17. The Morgan fingerprint density at radius 1 is 1.17 bits per heavy atom. The fourth-order valence-corrected chi connectivity index (χ4v) is 2.18. The lowest BCUT2D eigenvalue weighted by molar-refractivity contribution is -0.384. The summed E-state index contributed by atoms with van der Waals surface area (Å²) in [4.78, 5) is 33.6. The van der Waals surface area contributed by atoms with E-state index in [0.29, 0.717) is 0 Å². The molecule has 1 atom stereocenters. The van der Waals surface area contributed by atoms with Gasteiger partial charge in [-0.1, -0.05) is 36.4 Å². The Labute approximate surface area is 138 Å². The lowest BCUT2D eigenvalue weighted by Crippen LogP contribution is -2.29. The summed E-state index contributed by atoms with van der Waals surface area (Å²) in [5.41, 5.74) is 0.602. The van der Waals surface area contributed by atoms with Crippen molar-refractivity contribution in [3.8, 4) is 5.75 Å². The van der Waals surface area contributed by atoms with Gasteiger partial charge in [-0.3, -0.25) is 19.7 Å². The van der Waals surface area contributed by atoms with Crippen LogP contribution in [-0.2, 0) is 9.59 Å². The number of rotatable bonds is 6. The van der Waals surface area contributed by atoms with Gasteiger partial charge in [-0.2, -0.15) is 0 Å². The van der Waals surface area contributed by atoms with Crippen LogP contribution in [0, 0.1) is 10.1 Å². The number of hydrogen-bond donors (Lipinski definition) is 1. The Hall–Kier alpha value is -3.22. The summed E-state index contributed by atoms with van der Waals surface area (Å²) in [6.07, 6.45) is -0.0910. The Morgan fingerprint density at radius 2 is 1.88 bits per heavy atom. The van der Waals surface area contributed by atoms with Crippen molar-refractivity contribution in [1.82, 2.24) is 5.32 Å². The van der Waals surface area contributed by atoms with Gasteiger partial charge in [0.1, 0.15) is 5.75 Å². The van der Waals surface area contributed by atoms with Gasteiger partial charge in [-0.25, -0.2) is 0 Å². The van der Waals surface area contributed by atoms with E-state index in [0.717, 1.165) is 5.56 Å². The number of benzene rings is 2. The SMILES string of the molecule is CC(=O)N[C@@H](CC(=O)Oc1cccc([N+](=O)[O-])c1)c1ccccc1. The Kier molecular flexibility index (Phi) is 5.62. The van der Waals surface area contributed by atoms with Crippen LogP contribution in [0.25, 0.3) is 0 Å². The fourth-order valence-electron chi connectivity index (χ4n) is 2.18. The summed E-state index contributed by atoms with van der Waals surface area (Å²) in [7, 11) is 0. The van der Waals surface area contributed by atoms with E-state index in [1.165, 1.54) is 31.2 Å². The second-order valence-electron chi connectivity index (χ2n) is 5.10. The van der Waals surface area contributed by atoms with Gasteiger partial charge in [0.25, 0.3) is 5.69 Å². The van der Waals surface area contributed by atoms with Gasteiger partial charge in [0.05, 0.1) is 23.5 Å². The number of carbonyl (C=O) groups excluding carboxylic acids is 2. The minimum Gasteiger partial charge on any atom is -0.426 e. The van der Waals surface area contributed by atoms with Crippen LogP contribution in [0.5, 0.6) is 5.75 Å². The molecule has 0 bridgehead atoms. The van der Waals surface area contributed by atoms with Crippen molar-refractivity contribution in [1.29, 1.82) is 0 Å². The topological polar surface area (TPSA) is 98.5 Å². The molecule has 2 rings (SSSR count). The van der Waals surface area contributed by atoms with Crippen molar-refractivity contribution in [2.45, 2.75) is 19.4 Å². The molecular weight excluding hydrogens is 312 g/mol. The van der Waals surface area contributed by atoms with Gasteiger partial charge in [0.2, 0.25) is 5.91 Å². The third-order valence-electron chi connectivity index (χ3n) is 3.21. The zero-order chi connectivity index (χ0) is 17.5. The molecule has 124 valence electrons. The quantitative estimate of drug-likeness (QED) is 0.380. The Balaban J connectivity index is 2.09. The Bertz CT molecular complexity index is 746. The number of carbonyl (C=O) groups is 2. The molecule has 0 saturated heterocycles. The maximum Gasteiger partial charge on any atom is 0.313 e. The van der Waals surface area contributed by atoms with Crippen molar-refractivity contribution in [3.05, 3.63) is 70.3 Å². The molecule has 1 N–H and O–H groups in total. The minimum atomic E-state index is -0.599. The fraction of sp³-hybridized carbons (Fsp3) is 0.176. The Morgan fingerprint density at radius 3 is 2.50 bits per heavy atom. The van der Waals surface area contributed by atoms with Gasteiger partial charge < -0.3 is 10.1 Å². The third kappa shape index (κ3) is 4.91. The number of non-ortho nitro benzene ring substituents is 1. The van der Waals surface area contributed by atoms with E-state index in [9.17, 15) is 19.7 Å². The molecule has 0 spiro atoms. The summed E-state index contributed by atoms with van der Waals surface area (Å²) in [6, 6.07) is 13.9. The molecule has 2 aromatic rings. The van der Waals surface area contributed by atoms with E-state index >= 15 is 0 Å². The van der Waals surface area contributed by atoms with Crippen LogP contribution in [0.1, 0.15) is 24.9 Å². The van der Waals surface area contributed by atoms with Crippen LogP contribution >= 0.6 is 0 Å². The average Bonchev–Trinajstić information content (AvgIpc) is 2.55. The molecule has 2 aromatic carbocycles. The van der Waals surface area contributed by atoms with E-state index in [2.05, 4.69) is 5.32 Å². The number of esters is 1.